The number of benzene rings is 1. The molecule has 2 aromatic rings. The predicted octanol–water partition coefficient (Wildman–Crippen LogP) is 4.69. The van der Waals surface area contributed by atoms with E-state index < -0.39 is 0 Å². The number of nitrogens with zero attached hydrogens (tertiary/aromatic N) is 2. The van der Waals surface area contributed by atoms with E-state index in [2.05, 4.69) is 28.8 Å². The smallest absolute Gasteiger partial charge is 0.0801 e. The molecule has 1 atom stereocenters. The first-order valence-electron chi connectivity index (χ1n) is 7.14. The second-order valence-electron chi connectivity index (χ2n) is 4.86. The summed E-state index contributed by atoms with van der Waals surface area (Å²) < 4.78 is 4.10. The van der Waals surface area contributed by atoms with E-state index in [1.54, 1.807) is 0 Å². The number of nitrogens with one attached hydrogen (secondary N) is 1. The van der Waals surface area contributed by atoms with Crippen molar-refractivity contribution in [1.29, 1.82) is 0 Å². The van der Waals surface area contributed by atoms with Crippen LogP contribution in [0.2, 0.25) is 10.0 Å². The summed E-state index contributed by atoms with van der Waals surface area (Å²) in [5, 5.41) is 9.02. The molecule has 0 fully saturated rings. The summed E-state index contributed by atoms with van der Waals surface area (Å²) in [5.74, 6) is 0. The molecule has 0 spiro atoms. The third-order valence-electron chi connectivity index (χ3n) is 3.33. The second kappa shape index (κ2) is 8.08. The molecule has 1 unspecified atom stereocenters. The second-order valence-corrected chi connectivity index (χ2v) is 6.43. The Morgan fingerprint density at radius 1 is 1.29 bits per heavy atom. The predicted molar refractivity (Wildman–Crippen MR) is 90.5 cm³/mol. The Bertz CT molecular complexity index is 586. The van der Waals surface area contributed by atoms with Crippen molar-refractivity contribution < 1.29 is 0 Å². The fourth-order valence-electron chi connectivity index (χ4n) is 2.23. The van der Waals surface area contributed by atoms with Gasteiger partial charge in [0.1, 0.15) is 0 Å². The molecule has 114 valence electrons. The van der Waals surface area contributed by atoms with Gasteiger partial charge in [-0.3, -0.25) is 0 Å². The Kier molecular flexibility index (Phi) is 6.42. The first kappa shape index (κ1) is 16.7. The van der Waals surface area contributed by atoms with Gasteiger partial charge in [-0.25, -0.2) is 0 Å². The summed E-state index contributed by atoms with van der Waals surface area (Å²) in [5.41, 5.74) is 2.11. The highest BCUT2D eigenvalue weighted by Crippen LogP contribution is 2.31. The maximum absolute atomic E-state index is 6.32. The van der Waals surface area contributed by atoms with Gasteiger partial charge in [0, 0.05) is 6.04 Å². The zero-order valence-corrected chi connectivity index (χ0v) is 14.5. The summed E-state index contributed by atoms with van der Waals surface area (Å²) >= 11 is 13.9. The largest absolute Gasteiger partial charge is 0.309 e. The van der Waals surface area contributed by atoms with Crippen molar-refractivity contribution in [3.8, 4) is 0 Å². The topological polar surface area (TPSA) is 37.8 Å². The minimum atomic E-state index is 0.177. The number of aromatic nitrogens is 2. The monoisotopic (exact) mass is 343 g/mol. The first-order valence-corrected chi connectivity index (χ1v) is 8.67. The maximum Gasteiger partial charge on any atom is 0.0801 e. The van der Waals surface area contributed by atoms with Gasteiger partial charge in [-0.15, -0.1) is 5.10 Å². The summed E-state index contributed by atoms with van der Waals surface area (Å²) in [4.78, 5) is 1.20. The number of hydrogen-bond donors (Lipinski definition) is 1. The molecule has 0 amide bonds. The van der Waals surface area contributed by atoms with Crippen LogP contribution in [0.3, 0.4) is 0 Å². The number of halogens is 2. The van der Waals surface area contributed by atoms with Crippen molar-refractivity contribution in [2.75, 3.05) is 6.54 Å². The lowest BCUT2D eigenvalue weighted by molar-refractivity contribution is 0.532. The zero-order chi connectivity index (χ0) is 15.2. The van der Waals surface area contributed by atoms with E-state index in [4.69, 9.17) is 23.2 Å². The highest BCUT2D eigenvalue weighted by molar-refractivity contribution is 7.05. The van der Waals surface area contributed by atoms with Crippen LogP contribution in [0.5, 0.6) is 0 Å². The molecule has 0 radical (unpaired) electrons. The van der Waals surface area contributed by atoms with Crippen molar-refractivity contribution in [2.24, 2.45) is 0 Å². The number of rotatable bonds is 7. The van der Waals surface area contributed by atoms with Crippen LogP contribution >= 0.6 is 34.7 Å². The van der Waals surface area contributed by atoms with Gasteiger partial charge >= 0.3 is 0 Å². The molecule has 0 saturated carbocycles. The molecule has 1 N–H and O–H groups in total. The Morgan fingerprint density at radius 3 is 2.81 bits per heavy atom. The van der Waals surface area contributed by atoms with E-state index in [1.165, 1.54) is 16.4 Å². The van der Waals surface area contributed by atoms with E-state index >= 15 is 0 Å². The maximum atomic E-state index is 6.32. The number of hydrogen-bond acceptors (Lipinski definition) is 4. The molecular formula is C15H19Cl2N3S. The molecule has 1 heterocycles. The third kappa shape index (κ3) is 4.16. The van der Waals surface area contributed by atoms with Gasteiger partial charge in [-0.2, -0.15) is 0 Å². The minimum absolute atomic E-state index is 0.177. The molecule has 1 aromatic carbocycles. The van der Waals surface area contributed by atoms with Gasteiger partial charge in [0.05, 0.1) is 20.6 Å². The Labute approximate surface area is 139 Å². The van der Waals surface area contributed by atoms with Gasteiger partial charge in [0.2, 0.25) is 0 Å². The van der Waals surface area contributed by atoms with Crippen LogP contribution in [0.15, 0.2) is 18.2 Å². The average molecular weight is 344 g/mol. The number of aryl methyl sites for hydroxylation is 1. The van der Waals surface area contributed by atoms with Crippen LogP contribution in [0.4, 0.5) is 0 Å². The average Bonchev–Trinajstić information content (AvgIpc) is 2.96. The molecule has 3 nitrogen and oxygen atoms in total. The van der Waals surface area contributed by atoms with Gasteiger partial charge in [0.25, 0.3) is 0 Å². The summed E-state index contributed by atoms with van der Waals surface area (Å²) in [6, 6.07) is 5.95. The highest BCUT2D eigenvalue weighted by atomic mass is 35.5. The van der Waals surface area contributed by atoms with Crippen molar-refractivity contribution in [2.45, 2.75) is 39.2 Å². The fourth-order valence-corrected chi connectivity index (χ4v) is 3.44. The molecule has 0 saturated heterocycles. The molecule has 2 rings (SSSR count). The van der Waals surface area contributed by atoms with Crippen LogP contribution in [0.1, 0.15) is 42.4 Å². The normalized spacial score (nSPS) is 12.6. The van der Waals surface area contributed by atoms with Gasteiger partial charge in [-0.05, 0) is 49.0 Å². The Balaban J connectivity index is 2.26. The van der Waals surface area contributed by atoms with Gasteiger partial charge < -0.3 is 5.32 Å². The zero-order valence-electron chi connectivity index (χ0n) is 12.2. The summed E-state index contributed by atoms with van der Waals surface area (Å²) in [6.45, 7) is 5.20. The Morgan fingerprint density at radius 2 is 2.10 bits per heavy atom. The molecule has 0 aliphatic carbocycles. The van der Waals surface area contributed by atoms with E-state index in [0.717, 1.165) is 37.1 Å². The van der Waals surface area contributed by atoms with Gasteiger partial charge in [0.15, 0.2) is 0 Å². The third-order valence-corrected chi connectivity index (χ3v) is 5.07. The van der Waals surface area contributed by atoms with Crippen LogP contribution in [-0.2, 0) is 12.8 Å². The van der Waals surface area contributed by atoms with Crippen molar-refractivity contribution in [3.63, 3.8) is 0 Å². The minimum Gasteiger partial charge on any atom is -0.309 e. The standard InChI is InChI=1S/C15H19Cl2N3S/c1-3-8-18-13(15-12(4-2)19-20-21-15)9-10-6-5-7-11(16)14(10)17/h5-7,13,18H,3-4,8-9H2,1-2H3. The molecule has 6 heteroatoms. The summed E-state index contributed by atoms with van der Waals surface area (Å²) in [6.07, 6.45) is 2.75. The lowest BCUT2D eigenvalue weighted by Gasteiger charge is -2.18. The molecule has 0 bridgehead atoms. The molecule has 1 aromatic heterocycles. The lowest BCUT2D eigenvalue weighted by Crippen LogP contribution is -2.24. The molecule has 0 aliphatic rings. The van der Waals surface area contributed by atoms with Crippen LogP contribution in [0, 0.1) is 0 Å². The van der Waals surface area contributed by atoms with Crippen molar-refractivity contribution in [1.82, 2.24) is 14.9 Å². The van der Waals surface area contributed by atoms with Crippen molar-refractivity contribution >= 4 is 34.7 Å². The Hall–Kier alpha value is -0.680. The SMILES string of the molecule is CCCNC(Cc1cccc(Cl)c1Cl)c1snnc1CC. The first-order chi connectivity index (χ1) is 10.2. The molecule has 21 heavy (non-hydrogen) atoms. The van der Waals surface area contributed by atoms with Crippen LogP contribution in [0.25, 0.3) is 0 Å². The highest BCUT2D eigenvalue weighted by Gasteiger charge is 2.20. The fraction of sp³-hybridized carbons (Fsp3) is 0.467. The van der Waals surface area contributed by atoms with E-state index in [1.807, 2.05) is 18.2 Å². The summed E-state index contributed by atoms with van der Waals surface area (Å²) in [7, 11) is 0. The quantitative estimate of drug-likeness (QED) is 0.792. The van der Waals surface area contributed by atoms with Crippen LogP contribution in [-0.4, -0.2) is 16.1 Å². The van der Waals surface area contributed by atoms with Gasteiger partial charge in [-0.1, -0.05) is 53.7 Å². The van der Waals surface area contributed by atoms with Crippen molar-refractivity contribution in [3.05, 3.63) is 44.4 Å². The van der Waals surface area contributed by atoms with E-state index in [9.17, 15) is 0 Å². The van der Waals surface area contributed by atoms with E-state index in [0.29, 0.717) is 10.0 Å². The van der Waals surface area contributed by atoms with E-state index in [-0.39, 0.29) is 6.04 Å². The lowest BCUT2D eigenvalue weighted by atomic mass is 10.0. The van der Waals surface area contributed by atoms with Crippen LogP contribution < -0.4 is 5.32 Å². The molecule has 0 aliphatic heterocycles. The molecular weight excluding hydrogens is 325 g/mol.